The summed E-state index contributed by atoms with van der Waals surface area (Å²) >= 11 is 0. The normalized spacial score (nSPS) is 18.5. The van der Waals surface area contributed by atoms with Crippen molar-refractivity contribution in [3.05, 3.63) is 119 Å². The van der Waals surface area contributed by atoms with Gasteiger partial charge in [0.05, 0.1) is 0 Å². The van der Waals surface area contributed by atoms with Crippen molar-refractivity contribution in [2.24, 2.45) is 0 Å². The van der Waals surface area contributed by atoms with E-state index in [-0.39, 0.29) is 5.75 Å². The van der Waals surface area contributed by atoms with Crippen molar-refractivity contribution in [1.82, 2.24) is 0 Å². The number of alkyl halides is 3. The average molecular weight is 553 g/mol. The van der Waals surface area contributed by atoms with Crippen molar-refractivity contribution < 1.29 is 25.8 Å². The van der Waals surface area contributed by atoms with Gasteiger partial charge in [-0.15, -0.1) is 0 Å². The van der Waals surface area contributed by atoms with Gasteiger partial charge in [-0.2, -0.15) is 21.6 Å². The molecule has 0 fully saturated rings. The van der Waals surface area contributed by atoms with E-state index in [0.29, 0.717) is 24.8 Å². The highest BCUT2D eigenvalue weighted by Crippen LogP contribution is 2.56. The van der Waals surface area contributed by atoms with Gasteiger partial charge in [0, 0.05) is 11.0 Å². The summed E-state index contributed by atoms with van der Waals surface area (Å²) in [6.07, 6.45) is 2.77. The topological polar surface area (TPSA) is 43.4 Å². The number of benzene rings is 4. The van der Waals surface area contributed by atoms with E-state index in [1.807, 2.05) is 42.5 Å². The van der Waals surface area contributed by atoms with Crippen LogP contribution in [0.15, 0.2) is 97.1 Å². The summed E-state index contributed by atoms with van der Waals surface area (Å²) < 4.78 is 68.9. The maximum absolute atomic E-state index is 13.3. The van der Waals surface area contributed by atoms with Gasteiger partial charge in [-0.25, -0.2) is 0 Å². The molecule has 0 bridgehead atoms. The van der Waals surface area contributed by atoms with E-state index in [0.717, 1.165) is 28.4 Å². The molecule has 4 aromatic rings. The summed E-state index contributed by atoms with van der Waals surface area (Å²) in [6.45, 7) is 0. The second-order valence-electron chi connectivity index (χ2n) is 9.67. The molecule has 0 N–H and O–H groups in total. The van der Waals surface area contributed by atoms with Crippen molar-refractivity contribution >= 4 is 34.0 Å². The molecule has 0 amide bonds. The van der Waals surface area contributed by atoms with Crippen LogP contribution in [0.1, 0.15) is 35.1 Å². The molecule has 0 saturated heterocycles. The van der Waals surface area contributed by atoms with Gasteiger partial charge in [0.2, 0.25) is 0 Å². The van der Waals surface area contributed by atoms with E-state index >= 15 is 0 Å². The van der Waals surface area contributed by atoms with Gasteiger partial charge in [0.1, 0.15) is 5.75 Å². The number of hydrogen-bond acceptors (Lipinski definition) is 3. The molecular weight excluding hydrogens is 528 g/mol. The standard InChI is InChI=1S/C30H24F3O3PS/c31-30(32,33)38(34,35)36-25-15-7-9-21-17-19-29(27(21)25)20-18-22-10-8-16-26(28(22)29)37(23-11-3-1-4-12-23)24-13-5-2-6-14-24/h1-16H,17-20H2. The number of rotatable bonds is 5. The Bertz CT molecular complexity index is 1560. The molecule has 1 spiro atoms. The lowest BCUT2D eigenvalue weighted by molar-refractivity contribution is -0.0500. The van der Waals surface area contributed by atoms with Crippen LogP contribution in [0.4, 0.5) is 13.2 Å². The first-order chi connectivity index (χ1) is 18.2. The molecule has 194 valence electrons. The van der Waals surface area contributed by atoms with E-state index in [2.05, 4.69) is 42.5 Å². The molecule has 0 saturated carbocycles. The van der Waals surface area contributed by atoms with Gasteiger partial charge < -0.3 is 4.18 Å². The number of halogens is 3. The Kier molecular flexibility index (Phi) is 6.12. The van der Waals surface area contributed by atoms with Gasteiger partial charge in [-0.05, 0) is 72.3 Å². The molecule has 38 heavy (non-hydrogen) atoms. The predicted molar refractivity (Wildman–Crippen MR) is 145 cm³/mol. The highest BCUT2D eigenvalue weighted by Gasteiger charge is 2.52. The van der Waals surface area contributed by atoms with Crippen molar-refractivity contribution in [2.75, 3.05) is 0 Å². The van der Waals surface area contributed by atoms with Crippen molar-refractivity contribution in [3.8, 4) is 5.75 Å². The fourth-order valence-electron chi connectivity index (χ4n) is 6.12. The molecule has 0 radical (unpaired) electrons. The number of fused-ring (bicyclic) bond motifs is 4. The van der Waals surface area contributed by atoms with Gasteiger partial charge in [0.15, 0.2) is 0 Å². The summed E-state index contributed by atoms with van der Waals surface area (Å²) in [6, 6.07) is 31.6. The summed E-state index contributed by atoms with van der Waals surface area (Å²) in [4.78, 5) is 0. The van der Waals surface area contributed by atoms with Gasteiger partial charge in [-0.3, -0.25) is 0 Å². The quantitative estimate of drug-likeness (QED) is 0.177. The summed E-state index contributed by atoms with van der Waals surface area (Å²) in [5, 5.41) is 3.49. The Morgan fingerprint density at radius 3 is 1.76 bits per heavy atom. The lowest BCUT2D eigenvalue weighted by Crippen LogP contribution is -2.33. The average Bonchev–Trinajstić information content (AvgIpc) is 3.47. The predicted octanol–water partition coefficient (Wildman–Crippen LogP) is 5.85. The monoisotopic (exact) mass is 552 g/mol. The molecule has 1 atom stereocenters. The van der Waals surface area contributed by atoms with Crippen LogP contribution in [-0.2, 0) is 28.4 Å². The molecule has 0 aliphatic heterocycles. The van der Waals surface area contributed by atoms with Crippen molar-refractivity contribution in [1.29, 1.82) is 0 Å². The first-order valence-electron chi connectivity index (χ1n) is 12.4. The minimum absolute atomic E-state index is 0.219. The molecule has 8 heteroatoms. The van der Waals surface area contributed by atoms with Crippen molar-refractivity contribution in [3.63, 3.8) is 0 Å². The zero-order valence-electron chi connectivity index (χ0n) is 20.3. The fraction of sp³-hybridized carbons (Fsp3) is 0.200. The second-order valence-corrected chi connectivity index (χ2v) is 13.4. The molecule has 6 rings (SSSR count). The van der Waals surface area contributed by atoms with E-state index in [9.17, 15) is 21.6 Å². The first-order valence-corrected chi connectivity index (χ1v) is 15.1. The summed E-state index contributed by atoms with van der Waals surface area (Å²) in [7, 11) is -6.78. The Morgan fingerprint density at radius 2 is 1.21 bits per heavy atom. The number of aryl methyl sites for hydroxylation is 2. The van der Waals surface area contributed by atoms with Gasteiger partial charge in [-0.1, -0.05) is 91.0 Å². The zero-order valence-corrected chi connectivity index (χ0v) is 22.0. The number of hydrogen-bond donors (Lipinski definition) is 0. The lowest BCUT2D eigenvalue weighted by atomic mass is 9.76. The molecule has 3 nitrogen and oxygen atoms in total. The van der Waals surface area contributed by atoms with Crippen LogP contribution in [0.5, 0.6) is 5.75 Å². The van der Waals surface area contributed by atoms with E-state index < -0.39 is 29.0 Å². The van der Waals surface area contributed by atoms with Crippen LogP contribution in [-0.4, -0.2) is 13.9 Å². The van der Waals surface area contributed by atoms with E-state index in [1.54, 1.807) is 6.07 Å². The second kappa shape index (κ2) is 9.25. The third-order valence-corrected chi connectivity index (χ3v) is 11.0. The van der Waals surface area contributed by atoms with Crippen molar-refractivity contribution in [2.45, 2.75) is 36.6 Å². The highest BCUT2D eigenvalue weighted by atomic mass is 32.2. The van der Waals surface area contributed by atoms with Crippen LogP contribution in [0.25, 0.3) is 0 Å². The third-order valence-electron chi connectivity index (χ3n) is 7.59. The first kappa shape index (κ1) is 25.1. The SMILES string of the molecule is O=S(=O)(Oc1cccc2c1C1(CC2)CCc2cccc(P(c3ccccc3)c3ccccc3)c21)C(F)(F)F. The van der Waals surface area contributed by atoms with E-state index in [1.165, 1.54) is 16.7 Å². The Labute approximate surface area is 221 Å². The Morgan fingerprint density at radius 1 is 0.684 bits per heavy atom. The maximum atomic E-state index is 13.3. The van der Waals surface area contributed by atoms with Crippen LogP contribution in [0.3, 0.4) is 0 Å². The van der Waals surface area contributed by atoms with Crippen LogP contribution in [0.2, 0.25) is 0 Å². The van der Waals surface area contributed by atoms with E-state index in [4.69, 9.17) is 4.18 Å². The maximum Gasteiger partial charge on any atom is 0.534 e. The third kappa shape index (κ3) is 4.04. The zero-order chi connectivity index (χ0) is 26.5. The summed E-state index contributed by atoms with van der Waals surface area (Å²) in [5.41, 5.74) is -2.44. The molecule has 0 aromatic heterocycles. The fourth-order valence-corrected chi connectivity index (χ4v) is 9.21. The van der Waals surface area contributed by atoms with Crippen LogP contribution in [0, 0.1) is 0 Å². The molecule has 1 unspecified atom stereocenters. The minimum atomic E-state index is -5.80. The lowest BCUT2D eigenvalue weighted by Gasteiger charge is -2.33. The Hall–Kier alpha value is -3.15. The Balaban J connectivity index is 1.57. The van der Waals surface area contributed by atoms with Gasteiger partial charge >= 0.3 is 15.6 Å². The summed E-state index contributed by atoms with van der Waals surface area (Å²) in [5.74, 6) is -0.219. The molecule has 2 aliphatic rings. The van der Waals surface area contributed by atoms with Crippen LogP contribution < -0.4 is 20.1 Å². The van der Waals surface area contributed by atoms with Gasteiger partial charge in [0.25, 0.3) is 0 Å². The largest absolute Gasteiger partial charge is 0.534 e. The highest BCUT2D eigenvalue weighted by molar-refractivity contribution is 7.88. The van der Waals surface area contributed by atoms with Crippen LogP contribution >= 0.6 is 7.92 Å². The molecule has 2 aliphatic carbocycles. The smallest absolute Gasteiger partial charge is 0.376 e. The molecular formula is C30H24F3O3PS. The molecule has 4 aromatic carbocycles. The molecule has 0 heterocycles. The minimum Gasteiger partial charge on any atom is -0.376 e.